The molecule has 2 atom stereocenters. The molecule has 2 heteroatoms. The average Bonchev–Trinajstić information content (AvgIpc) is 2.43. The molecular weight excluding hydrogens is 196 g/mol. The van der Waals surface area contributed by atoms with Gasteiger partial charge in [0.05, 0.1) is 0 Å². The van der Waals surface area contributed by atoms with Crippen LogP contribution in [0.25, 0.3) is 0 Å². The van der Waals surface area contributed by atoms with E-state index in [2.05, 4.69) is 38.0 Å². The van der Waals surface area contributed by atoms with E-state index in [0.717, 1.165) is 12.0 Å². The molecule has 1 aliphatic heterocycles. The maximum atomic E-state index is 3.72. The van der Waals surface area contributed by atoms with Crippen LogP contribution in [0.4, 0.5) is 0 Å². The Hall–Kier alpha value is -0.0800. The molecule has 16 heavy (non-hydrogen) atoms. The van der Waals surface area contributed by atoms with Crippen LogP contribution >= 0.6 is 0 Å². The molecule has 0 saturated carbocycles. The molecule has 1 heterocycles. The summed E-state index contributed by atoms with van der Waals surface area (Å²) in [6.45, 7) is 13.4. The van der Waals surface area contributed by atoms with Crippen molar-refractivity contribution in [2.45, 2.75) is 66.0 Å². The summed E-state index contributed by atoms with van der Waals surface area (Å²) in [7, 11) is 2.25. The Morgan fingerprint density at radius 1 is 1.31 bits per heavy atom. The number of hydrogen-bond acceptors (Lipinski definition) is 2. The average molecular weight is 228 g/mol. The fourth-order valence-electron chi connectivity index (χ4n) is 2.50. The van der Waals surface area contributed by atoms with Crippen molar-refractivity contribution in [3.05, 3.63) is 0 Å². The van der Waals surface area contributed by atoms with Crippen molar-refractivity contribution in [1.29, 1.82) is 0 Å². The number of hydrogen-bond donors (Lipinski definition) is 1. The summed E-state index contributed by atoms with van der Waals surface area (Å²) in [5, 5.41) is 3.72. The summed E-state index contributed by atoms with van der Waals surface area (Å²) < 4.78 is 0. The summed E-state index contributed by atoms with van der Waals surface area (Å²) in [5.41, 5.74) is 0. The molecule has 0 amide bonds. The molecule has 2 nitrogen and oxygen atoms in total. The molecule has 0 aromatic carbocycles. The minimum Gasteiger partial charge on any atom is -0.311 e. The van der Waals surface area contributed by atoms with Crippen LogP contribution in [0.5, 0.6) is 0 Å². The third kappa shape index (κ3) is 5.86. The Morgan fingerprint density at radius 2 is 1.94 bits per heavy atom. The molecule has 0 aromatic rings. The van der Waals surface area contributed by atoms with Crippen molar-refractivity contribution >= 4 is 0 Å². The number of likely N-dealkylation sites (tertiary alicyclic amines) is 1. The van der Waals surface area contributed by atoms with Crippen molar-refractivity contribution < 1.29 is 0 Å². The summed E-state index contributed by atoms with van der Waals surface area (Å²) in [6, 6.07) is 1.36. The third-order valence-corrected chi connectivity index (χ3v) is 3.24. The van der Waals surface area contributed by atoms with E-state index in [0.29, 0.717) is 6.04 Å². The van der Waals surface area contributed by atoms with Crippen LogP contribution in [0.3, 0.4) is 0 Å². The van der Waals surface area contributed by atoms with Gasteiger partial charge in [0.25, 0.3) is 0 Å². The highest BCUT2D eigenvalue weighted by molar-refractivity contribution is 4.82. The standard InChI is InChI=1S/C12H26N2.C2H6/c1-5-11-9-14(4)8-6-7-12(11)13-10(2)3;1-2/h10-13H,5-9H2,1-4H3;1-2H3. The summed E-state index contributed by atoms with van der Waals surface area (Å²) in [5.74, 6) is 0.838. The Labute approximate surface area is 103 Å². The maximum Gasteiger partial charge on any atom is 0.0110 e. The molecule has 2 unspecified atom stereocenters. The van der Waals surface area contributed by atoms with Gasteiger partial charge < -0.3 is 10.2 Å². The second kappa shape index (κ2) is 9.00. The lowest BCUT2D eigenvalue weighted by Crippen LogP contribution is -2.42. The summed E-state index contributed by atoms with van der Waals surface area (Å²) in [4.78, 5) is 2.48. The minimum atomic E-state index is 0.623. The van der Waals surface area contributed by atoms with Crippen LogP contribution in [0, 0.1) is 5.92 Å². The Balaban J connectivity index is 0.00000106. The summed E-state index contributed by atoms with van der Waals surface area (Å²) in [6.07, 6.45) is 3.99. The second-order valence-corrected chi connectivity index (χ2v) is 5.00. The molecule has 0 bridgehead atoms. The van der Waals surface area contributed by atoms with Gasteiger partial charge in [-0.3, -0.25) is 0 Å². The van der Waals surface area contributed by atoms with E-state index in [1.165, 1.54) is 32.4 Å². The zero-order valence-corrected chi connectivity index (χ0v) is 12.2. The highest BCUT2D eigenvalue weighted by atomic mass is 15.1. The van der Waals surface area contributed by atoms with Crippen molar-refractivity contribution in [2.24, 2.45) is 5.92 Å². The molecule has 1 N–H and O–H groups in total. The first-order valence-electron chi connectivity index (χ1n) is 7.08. The van der Waals surface area contributed by atoms with Crippen molar-refractivity contribution in [3.8, 4) is 0 Å². The minimum absolute atomic E-state index is 0.623. The third-order valence-electron chi connectivity index (χ3n) is 3.24. The molecule has 1 fully saturated rings. The first-order valence-corrected chi connectivity index (χ1v) is 7.08. The first-order chi connectivity index (χ1) is 7.63. The van der Waals surface area contributed by atoms with Gasteiger partial charge in [-0.15, -0.1) is 0 Å². The fourth-order valence-corrected chi connectivity index (χ4v) is 2.50. The first kappa shape index (κ1) is 15.9. The Bertz CT molecular complexity index is 157. The second-order valence-electron chi connectivity index (χ2n) is 5.00. The molecule has 0 aliphatic carbocycles. The van der Waals surface area contributed by atoms with Crippen LogP contribution in [0.1, 0.15) is 53.9 Å². The van der Waals surface area contributed by atoms with Crippen LogP contribution in [-0.4, -0.2) is 37.1 Å². The van der Waals surface area contributed by atoms with Crippen molar-refractivity contribution in [3.63, 3.8) is 0 Å². The zero-order valence-electron chi connectivity index (χ0n) is 12.2. The smallest absolute Gasteiger partial charge is 0.0110 e. The molecule has 0 spiro atoms. The molecule has 1 saturated heterocycles. The van der Waals surface area contributed by atoms with Gasteiger partial charge >= 0.3 is 0 Å². The Morgan fingerprint density at radius 3 is 2.44 bits per heavy atom. The molecule has 1 rings (SSSR count). The van der Waals surface area contributed by atoms with Crippen LogP contribution in [0.15, 0.2) is 0 Å². The SMILES string of the molecule is CC.CCC1CN(C)CCCC1NC(C)C. The van der Waals surface area contributed by atoms with E-state index in [4.69, 9.17) is 0 Å². The van der Waals surface area contributed by atoms with Crippen LogP contribution in [-0.2, 0) is 0 Å². The van der Waals surface area contributed by atoms with Crippen molar-refractivity contribution in [2.75, 3.05) is 20.1 Å². The monoisotopic (exact) mass is 228 g/mol. The van der Waals surface area contributed by atoms with Gasteiger partial charge in [-0.25, -0.2) is 0 Å². The lowest BCUT2D eigenvalue weighted by atomic mass is 9.94. The molecule has 0 radical (unpaired) electrons. The highest BCUT2D eigenvalue weighted by Gasteiger charge is 2.24. The van der Waals surface area contributed by atoms with Gasteiger partial charge in [-0.1, -0.05) is 41.0 Å². The van der Waals surface area contributed by atoms with Gasteiger partial charge in [0, 0.05) is 18.6 Å². The van der Waals surface area contributed by atoms with Gasteiger partial charge in [0.15, 0.2) is 0 Å². The quantitative estimate of drug-likeness (QED) is 0.798. The lowest BCUT2D eigenvalue weighted by molar-refractivity contribution is 0.257. The van der Waals surface area contributed by atoms with E-state index >= 15 is 0 Å². The van der Waals surface area contributed by atoms with Crippen LogP contribution in [0.2, 0.25) is 0 Å². The Kier molecular flexibility index (Phi) is 8.96. The summed E-state index contributed by atoms with van der Waals surface area (Å²) >= 11 is 0. The normalized spacial score (nSPS) is 27.2. The van der Waals surface area contributed by atoms with Crippen molar-refractivity contribution in [1.82, 2.24) is 10.2 Å². The van der Waals surface area contributed by atoms with Crippen LogP contribution < -0.4 is 5.32 Å². The van der Waals surface area contributed by atoms with E-state index in [-0.39, 0.29) is 0 Å². The van der Waals surface area contributed by atoms with Gasteiger partial charge in [-0.2, -0.15) is 0 Å². The fraction of sp³-hybridized carbons (Fsp3) is 1.00. The number of rotatable bonds is 3. The largest absolute Gasteiger partial charge is 0.311 e. The topological polar surface area (TPSA) is 15.3 Å². The van der Waals surface area contributed by atoms with E-state index in [9.17, 15) is 0 Å². The zero-order chi connectivity index (χ0) is 12.6. The molecule has 0 aromatic heterocycles. The van der Waals surface area contributed by atoms with Gasteiger partial charge in [0.2, 0.25) is 0 Å². The predicted octanol–water partition coefficient (Wildman–Crippen LogP) is 3.13. The van der Waals surface area contributed by atoms with E-state index in [1.807, 2.05) is 13.8 Å². The lowest BCUT2D eigenvalue weighted by Gasteiger charge is -2.28. The maximum absolute atomic E-state index is 3.72. The van der Waals surface area contributed by atoms with E-state index < -0.39 is 0 Å². The number of nitrogens with zero attached hydrogens (tertiary/aromatic N) is 1. The van der Waals surface area contributed by atoms with E-state index in [1.54, 1.807) is 0 Å². The molecular formula is C14H32N2. The number of nitrogens with one attached hydrogen (secondary N) is 1. The van der Waals surface area contributed by atoms with Gasteiger partial charge in [0.1, 0.15) is 0 Å². The molecule has 98 valence electrons. The molecule has 1 aliphatic rings. The van der Waals surface area contributed by atoms with Gasteiger partial charge in [-0.05, 0) is 32.4 Å². The predicted molar refractivity (Wildman–Crippen MR) is 73.9 cm³/mol. The highest BCUT2D eigenvalue weighted by Crippen LogP contribution is 2.19.